The summed E-state index contributed by atoms with van der Waals surface area (Å²) in [6.07, 6.45) is 4.87. The molecule has 3 heterocycles. The lowest BCUT2D eigenvalue weighted by atomic mass is 9.99. The zero-order chi connectivity index (χ0) is 17.5. The van der Waals surface area contributed by atoms with Gasteiger partial charge in [0.05, 0.1) is 18.2 Å². The molecule has 7 nitrogen and oxygen atoms in total. The van der Waals surface area contributed by atoms with E-state index in [1.807, 2.05) is 36.0 Å². The van der Waals surface area contributed by atoms with Gasteiger partial charge in [-0.15, -0.1) is 0 Å². The van der Waals surface area contributed by atoms with Crippen molar-refractivity contribution in [1.29, 1.82) is 0 Å². The van der Waals surface area contributed by atoms with Gasteiger partial charge < -0.3 is 9.80 Å². The summed E-state index contributed by atoms with van der Waals surface area (Å²) in [5.74, 6) is 0.731. The number of amides is 1. The number of hydrogen-bond acceptors (Lipinski definition) is 5. The zero-order valence-electron chi connectivity index (χ0n) is 14.3. The van der Waals surface area contributed by atoms with Crippen molar-refractivity contribution in [3.05, 3.63) is 23.9 Å². The van der Waals surface area contributed by atoms with Gasteiger partial charge in [-0.2, -0.15) is 0 Å². The largest absolute Gasteiger partial charge is 0.363 e. The summed E-state index contributed by atoms with van der Waals surface area (Å²) >= 11 is 0. The van der Waals surface area contributed by atoms with Crippen LogP contribution in [0.5, 0.6) is 0 Å². The van der Waals surface area contributed by atoms with Crippen molar-refractivity contribution >= 4 is 21.7 Å². The van der Waals surface area contributed by atoms with Crippen LogP contribution in [-0.4, -0.2) is 68.5 Å². The lowest BCUT2D eigenvalue weighted by Crippen LogP contribution is -2.55. The minimum absolute atomic E-state index is 0.0616. The molecule has 0 aromatic carbocycles. The van der Waals surface area contributed by atoms with Crippen LogP contribution in [-0.2, 0) is 14.8 Å². The molecule has 132 valence electrons. The maximum atomic E-state index is 12.8. The molecule has 1 aromatic rings. The molecule has 1 atom stereocenters. The third-order valence-electron chi connectivity index (χ3n) is 4.81. The first-order chi connectivity index (χ1) is 11.3. The van der Waals surface area contributed by atoms with Gasteiger partial charge in [-0.1, -0.05) is 0 Å². The fraction of sp³-hybridized carbons (Fsp3) is 0.625. The van der Waals surface area contributed by atoms with Crippen molar-refractivity contribution in [1.82, 2.24) is 14.2 Å². The van der Waals surface area contributed by atoms with Crippen LogP contribution in [0.15, 0.2) is 18.3 Å². The molecule has 0 radical (unpaired) electrons. The van der Waals surface area contributed by atoms with Crippen LogP contribution in [0, 0.1) is 5.92 Å². The van der Waals surface area contributed by atoms with Crippen molar-refractivity contribution in [3.63, 3.8) is 0 Å². The lowest BCUT2D eigenvalue weighted by molar-refractivity contribution is -0.140. The predicted molar refractivity (Wildman–Crippen MR) is 92.2 cm³/mol. The predicted octanol–water partition coefficient (Wildman–Crippen LogP) is 0.703. The maximum Gasteiger partial charge on any atom is 0.228 e. The van der Waals surface area contributed by atoms with Crippen molar-refractivity contribution in [2.75, 3.05) is 44.9 Å². The number of nitrogens with zero attached hydrogens (tertiary/aromatic N) is 4. The van der Waals surface area contributed by atoms with E-state index in [1.165, 1.54) is 10.6 Å². The summed E-state index contributed by atoms with van der Waals surface area (Å²) < 4.78 is 24.3. The third-order valence-corrected chi connectivity index (χ3v) is 6.05. The van der Waals surface area contributed by atoms with Crippen molar-refractivity contribution in [3.8, 4) is 0 Å². The van der Waals surface area contributed by atoms with E-state index in [2.05, 4.69) is 4.98 Å². The SMILES string of the molecule is CN(C)c1cc([C@@H]2CCCN2C(=O)C2CN(S(C)(=O)=O)C2)ccn1. The maximum absolute atomic E-state index is 12.8. The van der Waals surface area contributed by atoms with Crippen LogP contribution in [0.3, 0.4) is 0 Å². The first kappa shape index (κ1) is 17.2. The van der Waals surface area contributed by atoms with Crippen LogP contribution in [0.1, 0.15) is 24.4 Å². The van der Waals surface area contributed by atoms with Crippen LogP contribution in [0.4, 0.5) is 5.82 Å². The van der Waals surface area contributed by atoms with Crippen molar-refractivity contribution < 1.29 is 13.2 Å². The molecule has 0 N–H and O–H groups in total. The molecule has 8 heteroatoms. The van der Waals surface area contributed by atoms with E-state index >= 15 is 0 Å². The highest BCUT2D eigenvalue weighted by atomic mass is 32.2. The standard InChI is InChI=1S/C16H24N4O3S/c1-18(2)15-9-12(6-7-17-15)14-5-4-8-20(14)16(21)13-10-19(11-13)24(3,22)23/h6-7,9,13-14H,4-5,8,10-11H2,1-3H3/t14-/m0/s1. The molecule has 3 rings (SSSR count). The van der Waals surface area contributed by atoms with Crippen LogP contribution >= 0.6 is 0 Å². The number of carbonyl (C=O) groups is 1. The van der Waals surface area contributed by atoms with Crippen LogP contribution in [0.25, 0.3) is 0 Å². The summed E-state index contributed by atoms with van der Waals surface area (Å²) in [4.78, 5) is 21.0. The molecular formula is C16H24N4O3S. The molecule has 2 aliphatic heterocycles. The van der Waals surface area contributed by atoms with Gasteiger partial charge in [0.25, 0.3) is 0 Å². The zero-order valence-corrected chi connectivity index (χ0v) is 15.2. The average Bonchev–Trinajstić information content (AvgIpc) is 2.93. The Bertz CT molecular complexity index is 729. The normalized spacial score (nSPS) is 22.5. The van der Waals surface area contributed by atoms with E-state index in [-0.39, 0.29) is 17.9 Å². The highest BCUT2D eigenvalue weighted by molar-refractivity contribution is 7.88. The monoisotopic (exact) mass is 352 g/mol. The van der Waals surface area contributed by atoms with Gasteiger partial charge in [0, 0.05) is 39.9 Å². The van der Waals surface area contributed by atoms with E-state index < -0.39 is 10.0 Å². The number of hydrogen-bond donors (Lipinski definition) is 0. The van der Waals surface area contributed by atoms with Gasteiger partial charge in [0.1, 0.15) is 5.82 Å². The Morgan fingerprint density at radius 2 is 2.04 bits per heavy atom. The molecule has 1 amide bonds. The Hall–Kier alpha value is -1.67. The van der Waals surface area contributed by atoms with Crippen molar-refractivity contribution in [2.24, 2.45) is 5.92 Å². The van der Waals surface area contributed by atoms with Gasteiger partial charge in [0.2, 0.25) is 15.9 Å². The fourth-order valence-electron chi connectivity index (χ4n) is 3.36. The summed E-state index contributed by atoms with van der Waals surface area (Å²) in [7, 11) is 0.696. The molecular weight excluding hydrogens is 328 g/mol. The number of anilines is 1. The quantitative estimate of drug-likeness (QED) is 0.798. The van der Waals surface area contributed by atoms with Gasteiger partial charge in [-0.25, -0.2) is 17.7 Å². The fourth-order valence-corrected chi connectivity index (χ4v) is 4.26. The Labute approximate surface area is 143 Å². The minimum Gasteiger partial charge on any atom is -0.363 e. The van der Waals surface area contributed by atoms with E-state index in [9.17, 15) is 13.2 Å². The topological polar surface area (TPSA) is 73.8 Å². The summed E-state index contributed by atoms with van der Waals surface area (Å²) in [5, 5.41) is 0. The number of pyridine rings is 1. The Morgan fingerprint density at radius 1 is 1.33 bits per heavy atom. The highest BCUT2D eigenvalue weighted by Crippen LogP contribution is 2.35. The van der Waals surface area contributed by atoms with Crippen molar-refractivity contribution in [2.45, 2.75) is 18.9 Å². The second-order valence-corrected chi connectivity index (χ2v) is 8.79. The second-order valence-electron chi connectivity index (χ2n) is 6.81. The smallest absolute Gasteiger partial charge is 0.228 e. The van der Waals surface area contributed by atoms with Gasteiger partial charge in [0.15, 0.2) is 0 Å². The average molecular weight is 352 g/mol. The van der Waals surface area contributed by atoms with E-state index in [0.717, 1.165) is 30.8 Å². The Morgan fingerprint density at radius 3 is 2.67 bits per heavy atom. The highest BCUT2D eigenvalue weighted by Gasteiger charge is 2.42. The second kappa shape index (κ2) is 6.33. The van der Waals surface area contributed by atoms with Gasteiger partial charge in [-0.3, -0.25) is 4.79 Å². The first-order valence-corrected chi connectivity index (χ1v) is 10.0. The number of carbonyl (C=O) groups excluding carboxylic acids is 1. The van der Waals surface area contributed by atoms with Crippen LogP contribution < -0.4 is 4.90 Å². The molecule has 0 aliphatic carbocycles. The molecule has 1 aromatic heterocycles. The Balaban J connectivity index is 1.72. The van der Waals surface area contributed by atoms with E-state index in [0.29, 0.717) is 13.1 Å². The number of sulfonamides is 1. The molecule has 0 saturated carbocycles. The molecule has 0 spiro atoms. The first-order valence-electron chi connectivity index (χ1n) is 8.16. The number of likely N-dealkylation sites (tertiary alicyclic amines) is 1. The molecule has 2 fully saturated rings. The Kier molecular flexibility index (Phi) is 4.52. The molecule has 2 saturated heterocycles. The number of aromatic nitrogens is 1. The van der Waals surface area contributed by atoms with Gasteiger partial charge >= 0.3 is 0 Å². The van der Waals surface area contributed by atoms with E-state index in [1.54, 1.807) is 6.20 Å². The summed E-state index contributed by atoms with van der Waals surface area (Å²) in [6.45, 7) is 1.35. The third kappa shape index (κ3) is 3.25. The van der Waals surface area contributed by atoms with Crippen LogP contribution in [0.2, 0.25) is 0 Å². The molecule has 0 unspecified atom stereocenters. The molecule has 24 heavy (non-hydrogen) atoms. The molecule has 0 bridgehead atoms. The summed E-state index contributed by atoms with van der Waals surface area (Å²) in [5.41, 5.74) is 1.10. The molecule has 2 aliphatic rings. The van der Waals surface area contributed by atoms with E-state index in [4.69, 9.17) is 0 Å². The number of rotatable bonds is 4. The lowest BCUT2D eigenvalue weighted by Gasteiger charge is -2.39. The summed E-state index contributed by atoms with van der Waals surface area (Å²) in [6, 6.07) is 4.05. The van der Waals surface area contributed by atoms with Gasteiger partial charge in [-0.05, 0) is 30.5 Å². The minimum atomic E-state index is -3.19.